The quantitative estimate of drug-likeness (QED) is 0.738. The minimum absolute atomic E-state index is 0.0164. The van der Waals surface area contributed by atoms with E-state index < -0.39 is 0 Å². The molecule has 98 valence electrons. The number of nitrogens with zero attached hydrogens (tertiary/aromatic N) is 2. The van der Waals surface area contributed by atoms with Crippen molar-refractivity contribution in [1.82, 2.24) is 9.80 Å². The van der Waals surface area contributed by atoms with Crippen LogP contribution in [0.25, 0.3) is 0 Å². The highest BCUT2D eigenvalue weighted by molar-refractivity contribution is 5.81. The van der Waals surface area contributed by atoms with Crippen molar-refractivity contribution in [1.29, 1.82) is 0 Å². The molecule has 0 aromatic rings. The van der Waals surface area contributed by atoms with Crippen molar-refractivity contribution in [2.45, 2.75) is 44.8 Å². The summed E-state index contributed by atoms with van der Waals surface area (Å²) < 4.78 is 5.61. The van der Waals surface area contributed by atoms with E-state index in [4.69, 9.17) is 4.74 Å². The number of rotatable bonds is 4. The molecule has 2 fully saturated rings. The lowest BCUT2D eigenvalue weighted by molar-refractivity contribution is -0.135. The Morgan fingerprint density at radius 3 is 2.71 bits per heavy atom. The van der Waals surface area contributed by atoms with Crippen LogP contribution in [0.2, 0.25) is 0 Å². The molecule has 4 nitrogen and oxygen atoms in total. The van der Waals surface area contributed by atoms with Crippen molar-refractivity contribution in [2.75, 3.05) is 33.3 Å². The molecule has 0 radical (unpaired) electrons. The second-order valence-corrected chi connectivity index (χ2v) is 5.28. The van der Waals surface area contributed by atoms with Crippen LogP contribution in [0.15, 0.2) is 0 Å². The molecule has 0 aromatic heterocycles. The highest BCUT2D eigenvalue weighted by atomic mass is 16.5. The molecule has 4 heteroatoms. The van der Waals surface area contributed by atoms with Crippen molar-refractivity contribution in [3.63, 3.8) is 0 Å². The second kappa shape index (κ2) is 5.83. The SMILES string of the molecule is C[C@@H](C(=O)N1CCCC1)N(C)C[C@@H]1CCCO1. The third-order valence-electron chi connectivity index (χ3n) is 3.95. The van der Waals surface area contributed by atoms with Crippen LogP contribution < -0.4 is 0 Å². The van der Waals surface area contributed by atoms with Crippen LogP contribution in [0.3, 0.4) is 0 Å². The van der Waals surface area contributed by atoms with Crippen molar-refractivity contribution in [3.8, 4) is 0 Å². The molecule has 0 aromatic carbocycles. The van der Waals surface area contributed by atoms with Crippen LogP contribution in [0.1, 0.15) is 32.6 Å². The maximum Gasteiger partial charge on any atom is 0.239 e. The van der Waals surface area contributed by atoms with Gasteiger partial charge in [0.25, 0.3) is 0 Å². The van der Waals surface area contributed by atoms with E-state index in [2.05, 4.69) is 4.90 Å². The molecule has 0 spiro atoms. The Hall–Kier alpha value is -0.610. The monoisotopic (exact) mass is 240 g/mol. The average molecular weight is 240 g/mol. The Kier molecular flexibility index (Phi) is 4.40. The predicted octanol–water partition coefficient (Wildman–Crippen LogP) is 1.11. The minimum Gasteiger partial charge on any atom is -0.377 e. The van der Waals surface area contributed by atoms with E-state index in [1.807, 2.05) is 18.9 Å². The summed E-state index contributed by atoms with van der Waals surface area (Å²) in [7, 11) is 2.03. The van der Waals surface area contributed by atoms with Gasteiger partial charge in [-0.15, -0.1) is 0 Å². The number of carbonyl (C=O) groups excluding carboxylic acids is 1. The Morgan fingerprint density at radius 2 is 2.12 bits per heavy atom. The van der Waals surface area contributed by atoms with Crippen LogP contribution >= 0.6 is 0 Å². The van der Waals surface area contributed by atoms with Gasteiger partial charge in [0, 0.05) is 26.2 Å². The molecule has 2 aliphatic rings. The van der Waals surface area contributed by atoms with Gasteiger partial charge in [-0.3, -0.25) is 9.69 Å². The number of amides is 1. The molecule has 2 heterocycles. The fourth-order valence-corrected chi connectivity index (χ4v) is 2.66. The first-order valence-electron chi connectivity index (χ1n) is 6.79. The zero-order valence-corrected chi connectivity index (χ0v) is 11.0. The van der Waals surface area contributed by atoms with Gasteiger partial charge in [0.2, 0.25) is 5.91 Å². The van der Waals surface area contributed by atoms with Gasteiger partial charge in [-0.05, 0) is 39.7 Å². The largest absolute Gasteiger partial charge is 0.377 e. The molecule has 0 aliphatic carbocycles. The van der Waals surface area contributed by atoms with E-state index in [0.29, 0.717) is 6.10 Å². The first kappa shape index (κ1) is 12.8. The van der Waals surface area contributed by atoms with Crippen LogP contribution in [-0.2, 0) is 9.53 Å². The van der Waals surface area contributed by atoms with Gasteiger partial charge in [0.15, 0.2) is 0 Å². The highest BCUT2D eigenvalue weighted by Gasteiger charge is 2.28. The lowest BCUT2D eigenvalue weighted by atomic mass is 10.2. The molecule has 0 saturated carbocycles. The molecule has 0 N–H and O–H groups in total. The molecule has 0 unspecified atom stereocenters. The lowest BCUT2D eigenvalue weighted by Gasteiger charge is -2.29. The smallest absolute Gasteiger partial charge is 0.239 e. The van der Waals surface area contributed by atoms with Crippen molar-refractivity contribution < 1.29 is 9.53 Å². The number of likely N-dealkylation sites (N-methyl/N-ethyl adjacent to an activating group) is 1. The van der Waals surface area contributed by atoms with Crippen molar-refractivity contribution >= 4 is 5.91 Å². The van der Waals surface area contributed by atoms with Crippen LogP contribution in [0, 0.1) is 0 Å². The molecule has 1 amide bonds. The van der Waals surface area contributed by atoms with Crippen molar-refractivity contribution in [2.24, 2.45) is 0 Å². The second-order valence-electron chi connectivity index (χ2n) is 5.28. The molecule has 2 rings (SSSR count). The topological polar surface area (TPSA) is 32.8 Å². The van der Waals surface area contributed by atoms with Gasteiger partial charge in [-0.25, -0.2) is 0 Å². The summed E-state index contributed by atoms with van der Waals surface area (Å²) in [4.78, 5) is 16.3. The molecule has 2 atom stereocenters. The summed E-state index contributed by atoms with van der Waals surface area (Å²) in [6.45, 7) is 5.65. The maximum absolute atomic E-state index is 12.2. The number of hydrogen-bond donors (Lipinski definition) is 0. The van der Waals surface area contributed by atoms with Gasteiger partial charge in [0.1, 0.15) is 0 Å². The number of likely N-dealkylation sites (tertiary alicyclic amines) is 1. The summed E-state index contributed by atoms with van der Waals surface area (Å²) >= 11 is 0. The average Bonchev–Trinajstić information content (AvgIpc) is 2.99. The molecule has 17 heavy (non-hydrogen) atoms. The maximum atomic E-state index is 12.2. The first-order valence-corrected chi connectivity index (χ1v) is 6.79. The minimum atomic E-state index is -0.0164. The zero-order valence-electron chi connectivity index (χ0n) is 11.0. The normalized spacial score (nSPS) is 26.8. The highest BCUT2D eigenvalue weighted by Crippen LogP contribution is 2.15. The Labute approximate surface area is 104 Å². The van der Waals surface area contributed by atoms with Gasteiger partial charge < -0.3 is 9.64 Å². The van der Waals surface area contributed by atoms with E-state index >= 15 is 0 Å². The van der Waals surface area contributed by atoms with Crippen LogP contribution in [0.5, 0.6) is 0 Å². The number of hydrogen-bond acceptors (Lipinski definition) is 3. The van der Waals surface area contributed by atoms with Gasteiger partial charge in [-0.2, -0.15) is 0 Å². The molecular weight excluding hydrogens is 216 g/mol. The summed E-state index contributed by atoms with van der Waals surface area (Å²) in [5.41, 5.74) is 0. The molecule has 2 aliphatic heterocycles. The molecule has 0 bridgehead atoms. The number of carbonyl (C=O) groups is 1. The first-order chi connectivity index (χ1) is 8.18. The van der Waals surface area contributed by atoms with Gasteiger partial charge >= 0.3 is 0 Å². The van der Waals surface area contributed by atoms with Crippen LogP contribution in [0.4, 0.5) is 0 Å². The van der Waals surface area contributed by atoms with E-state index in [0.717, 1.165) is 51.9 Å². The Morgan fingerprint density at radius 1 is 1.41 bits per heavy atom. The molecular formula is C13H24N2O2. The van der Waals surface area contributed by atoms with E-state index in [1.165, 1.54) is 0 Å². The zero-order chi connectivity index (χ0) is 12.3. The molecule has 2 saturated heterocycles. The standard InChI is InChI=1S/C13H24N2O2/c1-11(13(16)15-7-3-4-8-15)14(2)10-12-6-5-9-17-12/h11-12H,3-10H2,1-2H3/t11-,12-/m0/s1. The van der Waals surface area contributed by atoms with Gasteiger partial charge in [0.05, 0.1) is 12.1 Å². The Balaban J connectivity index is 1.80. The van der Waals surface area contributed by atoms with Crippen molar-refractivity contribution in [3.05, 3.63) is 0 Å². The van der Waals surface area contributed by atoms with Gasteiger partial charge in [-0.1, -0.05) is 0 Å². The fraction of sp³-hybridized carbons (Fsp3) is 0.923. The van der Waals surface area contributed by atoms with E-state index in [-0.39, 0.29) is 11.9 Å². The number of ether oxygens (including phenoxy) is 1. The fourth-order valence-electron chi connectivity index (χ4n) is 2.66. The van der Waals surface area contributed by atoms with E-state index in [1.54, 1.807) is 0 Å². The summed E-state index contributed by atoms with van der Waals surface area (Å²) in [6, 6.07) is -0.0164. The third kappa shape index (κ3) is 3.19. The summed E-state index contributed by atoms with van der Waals surface area (Å²) in [5.74, 6) is 0.281. The predicted molar refractivity (Wildman–Crippen MR) is 66.9 cm³/mol. The summed E-state index contributed by atoms with van der Waals surface area (Å²) in [6.07, 6.45) is 4.94. The van der Waals surface area contributed by atoms with E-state index in [9.17, 15) is 4.79 Å². The Bertz CT molecular complexity index is 258. The van der Waals surface area contributed by atoms with Crippen LogP contribution in [-0.4, -0.2) is 61.1 Å². The summed E-state index contributed by atoms with van der Waals surface area (Å²) in [5, 5.41) is 0. The third-order valence-corrected chi connectivity index (χ3v) is 3.95. The lowest BCUT2D eigenvalue weighted by Crippen LogP contribution is -2.46.